The van der Waals surface area contributed by atoms with E-state index in [1.54, 1.807) is 0 Å². The monoisotopic (exact) mass is 290 g/mol. The molecule has 1 aromatic rings. The number of methoxy groups -OCH3 is 1. The van der Waals surface area contributed by atoms with E-state index in [9.17, 15) is 13.6 Å². The van der Waals surface area contributed by atoms with Crippen LogP contribution < -0.4 is 29.6 Å². The Labute approximate surface area is 127 Å². The smallest absolute Gasteiger partial charge is 0.768 e. The quantitative estimate of drug-likeness (QED) is 0.399. The van der Waals surface area contributed by atoms with E-state index in [1.807, 2.05) is 0 Å². The molecule has 0 bridgehead atoms. The van der Waals surface area contributed by atoms with Gasteiger partial charge in [-0.05, 0) is 23.2 Å². The Morgan fingerprint density at radius 3 is 2.44 bits per heavy atom. The largest absolute Gasteiger partial charge is 1.00 e. The first-order valence-electron chi connectivity index (χ1n) is 3.64. The van der Waals surface area contributed by atoms with Crippen molar-refractivity contribution in [3.63, 3.8) is 0 Å². The summed E-state index contributed by atoms with van der Waals surface area (Å²) in [5, 5.41) is 0.0471. The SMILES string of the molecule is COC(=O)c1cc(Cl)cc(Cl)c1S(=O)[O-].[Na+]. The normalized spacial score (nSPS) is 11.5. The van der Waals surface area contributed by atoms with Crippen LogP contribution in [0.5, 0.6) is 0 Å². The Kier molecular flexibility index (Phi) is 7.12. The molecule has 82 valence electrons. The zero-order valence-electron chi connectivity index (χ0n) is 8.45. The van der Waals surface area contributed by atoms with E-state index in [0.717, 1.165) is 7.11 Å². The van der Waals surface area contributed by atoms with Gasteiger partial charge in [0, 0.05) is 5.02 Å². The Hall–Kier alpha value is 0.380. The molecule has 0 aliphatic heterocycles. The first-order valence-corrected chi connectivity index (χ1v) is 5.47. The van der Waals surface area contributed by atoms with Gasteiger partial charge < -0.3 is 9.29 Å². The van der Waals surface area contributed by atoms with Crippen LogP contribution in [0.15, 0.2) is 17.0 Å². The number of carbonyl (C=O) groups excluding carboxylic acids is 1. The van der Waals surface area contributed by atoms with Crippen molar-refractivity contribution in [3.8, 4) is 0 Å². The van der Waals surface area contributed by atoms with Gasteiger partial charge in [-0.25, -0.2) is 4.79 Å². The number of esters is 1. The molecule has 1 unspecified atom stereocenters. The van der Waals surface area contributed by atoms with Crippen LogP contribution in [0.25, 0.3) is 0 Å². The summed E-state index contributed by atoms with van der Waals surface area (Å²) in [5.74, 6) is -0.807. The number of ether oxygens (including phenoxy) is 1. The number of benzene rings is 1. The molecule has 0 heterocycles. The van der Waals surface area contributed by atoms with Crippen LogP contribution in [0.4, 0.5) is 0 Å². The summed E-state index contributed by atoms with van der Waals surface area (Å²) in [5.41, 5.74) is -0.177. The third-order valence-electron chi connectivity index (χ3n) is 1.58. The molecule has 8 heteroatoms. The minimum absolute atomic E-state index is 0. The summed E-state index contributed by atoms with van der Waals surface area (Å²) in [4.78, 5) is 10.9. The van der Waals surface area contributed by atoms with Crippen molar-refractivity contribution in [2.45, 2.75) is 4.90 Å². The van der Waals surface area contributed by atoms with Gasteiger partial charge >= 0.3 is 35.5 Å². The molecule has 0 radical (unpaired) electrons. The van der Waals surface area contributed by atoms with Crippen molar-refractivity contribution >= 4 is 40.3 Å². The molecule has 0 saturated carbocycles. The van der Waals surface area contributed by atoms with Gasteiger partial charge in [-0.15, -0.1) is 0 Å². The average molecular weight is 291 g/mol. The zero-order valence-corrected chi connectivity index (χ0v) is 12.8. The zero-order chi connectivity index (χ0) is 11.6. The average Bonchev–Trinajstić information content (AvgIpc) is 2.14. The van der Waals surface area contributed by atoms with Crippen molar-refractivity contribution in [1.82, 2.24) is 0 Å². The van der Waals surface area contributed by atoms with E-state index in [-0.39, 0.29) is 50.1 Å². The summed E-state index contributed by atoms with van der Waals surface area (Å²) < 4.78 is 26.1. The predicted octanol–water partition coefficient (Wildman–Crippen LogP) is -0.978. The van der Waals surface area contributed by atoms with E-state index in [0.29, 0.717) is 0 Å². The Balaban J connectivity index is 0.00000225. The summed E-state index contributed by atoms with van der Waals surface area (Å²) in [6, 6.07) is 2.42. The van der Waals surface area contributed by atoms with E-state index < -0.39 is 17.0 Å². The molecule has 0 aromatic heterocycles. The van der Waals surface area contributed by atoms with Crippen LogP contribution in [0, 0.1) is 0 Å². The maximum absolute atomic E-state index is 11.2. The molecule has 1 rings (SSSR count). The summed E-state index contributed by atoms with van der Waals surface area (Å²) >= 11 is 8.66. The topological polar surface area (TPSA) is 66.4 Å². The molecule has 0 N–H and O–H groups in total. The second-order valence-electron chi connectivity index (χ2n) is 2.49. The maximum Gasteiger partial charge on any atom is 1.00 e. The molecule has 16 heavy (non-hydrogen) atoms. The molecule has 0 amide bonds. The van der Waals surface area contributed by atoms with Crippen molar-refractivity contribution in [1.29, 1.82) is 0 Å². The minimum Gasteiger partial charge on any atom is -0.768 e. The molecule has 0 aliphatic carbocycles. The third kappa shape index (κ3) is 3.70. The van der Waals surface area contributed by atoms with E-state index >= 15 is 0 Å². The van der Waals surface area contributed by atoms with Gasteiger partial charge in [-0.1, -0.05) is 23.2 Å². The fourth-order valence-electron chi connectivity index (χ4n) is 0.991. The predicted molar refractivity (Wildman–Crippen MR) is 55.0 cm³/mol. The van der Waals surface area contributed by atoms with Gasteiger partial charge in [0.15, 0.2) is 0 Å². The number of carbonyl (C=O) groups is 1. The van der Waals surface area contributed by atoms with E-state index in [2.05, 4.69) is 4.74 Å². The molecular formula is C8H5Cl2NaO4S. The van der Waals surface area contributed by atoms with Gasteiger partial charge in [-0.2, -0.15) is 0 Å². The van der Waals surface area contributed by atoms with Gasteiger partial charge in [0.05, 0.1) is 22.6 Å². The first-order chi connectivity index (χ1) is 6.97. The molecule has 0 saturated heterocycles. The molecular weight excluding hydrogens is 286 g/mol. The maximum atomic E-state index is 11.2. The Morgan fingerprint density at radius 1 is 1.44 bits per heavy atom. The van der Waals surface area contributed by atoms with Crippen molar-refractivity contribution in [2.24, 2.45) is 0 Å². The second kappa shape index (κ2) is 6.96. The number of halogens is 2. The Bertz CT molecular complexity index is 438. The van der Waals surface area contributed by atoms with Gasteiger partial charge in [-0.3, -0.25) is 4.21 Å². The van der Waals surface area contributed by atoms with Crippen LogP contribution in [0.1, 0.15) is 10.4 Å². The number of rotatable bonds is 2. The standard InChI is InChI=1S/C8H6Cl2O4S.Na/c1-14-8(11)5-2-4(9)3-6(10)7(5)15(12)13;/h2-3H,1H3,(H,12,13);/q;+1/p-1. The van der Waals surface area contributed by atoms with Crippen LogP contribution in [0.3, 0.4) is 0 Å². The number of hydrogen-bond donors (Lipinski definition) is 0. The van der Waals surface area contributed by atoms with E-state index in [4.69, 9.17) is 23.2 Å². The number of hydrogen-bond acceptors (Lipinski definition) is 4. The summed E-state index contributed by atoms with van der Waals surface area (Å²) in [7, 11) is 1.13. The van der Waals surface area contributed by atoms with Gasteiger partial charge in [0.1, 0.15) is 0 Å². The van der Waals surface area contributed by atoms with Gasteiger partial charge in [0.25, 0.3) is 0 Å². The fraction of sp³-hybridized carbons (Fsp3) is 0.125. The van der Waals surface area contributed by atoms with E-state index in [1.165, 1.54) is 12.1 Å². The Morgan fingerprint density at radius 2 is 2.00 bits per heavy atom. The first kappa shape index (κ1) is 16.4. The molecule has 1 aromatic carbocycles. The van der Waals surface area contributed by atoms with Crippen molar-refractivity contribution < 1.29 is 47.9 Å². The van der Waals surface area contributed by atoms with Crippen LogP contribution >= 0.6 is 23.2 Å². The second-order valence-corrected chi connectivity index (χ2v) is 4.21. The van der Waals surface area contributed by atoms with Crippen LogP contribution in [-0.2, 0) is 15.8 Å². The third-order valence-corrected chi connectivity index (χ3v) is 2.98. The molecule has 4 nitrogen and oxygen atoms in total. The van der Waals surface area contributed by atoms with Gasteiger partial charge in [0.2, 0.25) is 0 Å². The van der Waals surface area contributed by atoms with Crippen LogP contribution in [-0.4, -0.2) is 21.8 Å². The minimum atomic E-state index is -2.62. The van der Waals surface area contributed by atoms with Crippen molar-refractivity contribution in [3.05, 3.63) is 27.7 Å². The summed E-state index contributed by atoms with van der Waals surface area (Å²) in [6.45, 7) is 0. The van der Waals surface area contributed by atoms with Crippen LogP contribution in [0.2, 0.25) is 10.0 Å². The summed E-state index contributed by atoms with van der Waals surface area (Å²) in [6.07, 6.45) is 0. The molecule has 0 spiro atoms. The molecule has 0 fully saturated rings. The van der Waals surface area contributed by atoms with Crippen molar-refractivity contribution in [2.75, 3.05) is 7.11 Å². The molecule has 1 atom stereocenters. The fourth-order valence-corrected chi connectivity index (χ4v) is 2.21. The molecule has 0 aliphatic rings.